The summed E-state index contributed by atoms with van der Waals surface area (Å²) in [6.07, 6.45) is -2.44. The summed E-state index contributed by atoms with van der Waals surface area (Å²) in [6, 6.07) is 11.5. The molecule has 0 aliphatic carbocycles. The normalized spacial score (nSPS) is 11.9. The van der Waals surface area contributed by atoms with Gasteiger partial charge in [0.1, 0.15) is 5.69 Å². The predicted molar refractivity (Wildman–Crippen MR) is 129 cm³/mol. The fraction of sp³-hybridized carbons (Fsp3) is 0.217. The monoisotopic (exact) mass is 545 g/mol. The van der Waals surface area contributed by atoms with E-state index in [1.807, 2.05) is 0 Å². The van der Waals surface area contributed by atoms with Gasteiger partial charge < -0.3 is 5.32 Å². The number of anilines is 1. The summed E-state index contributed by atoms with van der Waals surface area (Å²) >= 11 is 12.3. The summed E-state index contributed by atoms with van der Waals surface area (Å²) in [6.45, 7) is 1.56. The zero-order valence-electron chi connectivity index (χ0n) is 18.5. The van der Waals surface area contributed by atoms with E-state index in [4.69, 9.17) is 23.2 Å². The van der Waals surface area contributed by atoms with Gasteiger partial charge in [-0.2, -0.15) is 13.2 Å². The SMILES string of the molecule is Cc1cc(C(=O)NCc2ccc(C(F)(F)F)nc2)ccc1N(Cc1cccc(Cl)c1Cl)S(C)(=O)=O. The van der Waals surface area contributed by atoms with E-state index in [2.05, 4.69) is 10.3 Å². The molecule has 0 atom stereocenters. The lowest BCUT2D eigenvalue weighted by molar-refractivity contribution is -0.141. The van der Waals surface area contributed by atoms with E-state index in [0.717, 1.165) is 22.8 Å². The maximum Gasteiger partial charge on any atom is 0.433 e. The van der Waals surface area contributed by atoms with E-state index in [1.54, 1.807) is 25.1 Å². The van der Waals surface area contributed by atoms with Gasteiger partial charge in [-0.15, -0.1) is 0 Å². The van der Waals surface area contributed by atoms with Crippen LogP contribution >= 0.6 is 23.2 Å². The number of carbonyl (C=O) groups excluding carboxylic acids is 1. The van der Waals surface area contributed by atoms with Gasteiger partial charge >= 0.3 is 6.18 Å². The lowest BCUT2D eigenvalue weighted by Gasteiger charge is -2.25. The Kier molecular flexibility index (Phi) is 7.98. The van der Waals surface area contributed by atoms with Crippen molar-refractivity contribution in [1.82, 2.24) is 10.3 Å². The number of rotatable bonds is 7. The van der Waals surface area contributed by atoms with Crippen LogP contribution in [0, 0.1) is 6.92 Å². The van der Waals surface area contributed by atoms with Crippen LogP contribution in [-0.4, -0.2) is 25.6 Å². The predicted octanol–water partition coefficient (Wildman–Crippen LogP) is 5.61. The lowest BCUT2D eigenvalue weighted by atomic mass is 10.1. The van der Waals surface area contributed by atoms with E-state index in [0.29, 0.717) is 27.4 Å². The molecule has 35 heavy (non-hydrogen) atoms. The van der Waals surface area contributed by atoms with E-state index < -0.39 is 27.8 Å². The third-order valence-corrected chi connectivity index (χ3v) is 7.03. The zero-order chi connectivity index (χ0) is 26.0. The van der Waals surface area contributed by atoms with E-state index in [1.165, 1.54) is 24.3 Å². The standard InChI is InChI=1S/C23H20Cl2F3N3O3S/c1-14-10-16(22(32)30-12-15-6-9-20(29-11-15)23(26,27)28)7-8-19(14)31(35(2,33)34)13-17-4-3-5-18(24)21(17)25/h3-11H,12-13H2,1-2H3,(H,30,32). The number of nitrogens with one attached hydrogen (secondary N) is 1. The van der Waals surface area contributed by atoms with Crippen LogP contribution in [0.3, 0.4) is 0 Å². The summed E-state index contributed by atoms with van der Waals surface area (Å²) in [7, 11) is -3.72. The van der Waals surface area contributed by atoms with Gasteiger partial charge in [-0.05, 0) is 53.9 Å². The van der Waals surface area contributed by atoms with Crippen molar-refractivity contribution >= 4 is 44.8 Å². The molecule has 0 saturated heterocycles. The topological polar surface area (TPSA) is 79.4 Å². The number of hydrogen-bond acceptors (Lipinski definition) is 4. The van der Waals surface area contributed by atoms with Crippen LogP contribution in [0.1, 0.15) is 32.7 Å². The number of hydrogen-bond donors (Lipinski definition) is 1. The largest absolute Gasteiger partial charge is 0.433 e. The lowest BCUT2D eigenvalue weighted by Crippen LogP contribution is -2.30. The molecule has 0 fully saturated rings. The molecule has 12 heteroatoms. The van der Waals surface area contributed by atoms with Crippen LogP contribution in [0.4, 0.5) is 18.9 Å². The van der Waals surface area contributed by atoms with Crippen LogP contribution < -0.4 is 9.62 Å². The van der Waals surface area contributed by atoms with E-state index >= 15 is 0 Å². The smallest absolute Gasteiger partial charge is 0.348 e. The Morgan fingerprint density at radius 2 is 1.83 bits per heavy atom. The maximum absolute atomic E-state index is 12.6. The van der Waals surface area contributed by atoms with Gasteiger partial charge in [0.25, 0.3) is 5.91 Å². The number of halogens is 5. The van der Waals surface area contributed by atoms with Crippen LogP contribution in [0.25, 0.3) is 0 Å². The average Bonchev–Trinajstić information content (AvgIpc) is 2.77. The van der Waals surface area contributed by atoms with E-state index in [9.17, 15) is 26.4 Å². The second-order valence-corrected chi connectivity index (χ2v) is 10.4. The molecule has 186 valence electrons. The number of alkyl halides is 3. The summed E-state index contributed by atoms with van der Waals surface area (Å²) in [4.78, 5) is 15.9. The van der Waals surface area contributed by atoms with Crippen molar-refractivity contribution in [2.45, 2.75) is 26.2 Å². The highest BCUT2D eigenvalue weighted by molar-refractivity contribution is 7.92. The van der Waals surface area contributed by atoms with Crippen molar-refractivity contribution in [3.8, 4) is 0 Å². The minimum absolute atomic E-state index is 0.0342. The Morgan fingerprint density at radius 3 is 2.40 bits per heavy atom. The van der Waals surface area contributed by atoms with E-state index in [-0.39, 0.29) is 23.7 Å². The zero-order valence-corrected chi connectivity index (χ0v) is 20.9. The Hall–Kier alpha value is -2.82. The minimum atomic E-state index is -4.54. The van der Waals surface area contributed by atoms with Gasteiger partial charge in [0.2, 0.25) is 10.0 Å². The molecule has 0 unspecified atom stereocenters. The van der Waals surface area contributed by atoms with Gasteiger partial charge in [0.05, 0.1) is 28.5 Å². The Morgan fingerprint density at radius 1 is 1.11 bits per heavy atom. The Balaban J connectivity index is 1.78. The molecule has 1 amide bonds. The molecular weight excluding hydrogens is 526 g/mol. The third kappa shape index (κ3) is 6.65. The van der Waals surface area contributed by atoms with Crippen molar-refractivity contribution < 1.29 is 26.4 Å². The first kappa shape index (κ1) is 26.8. The molecule has 0 spiro atoms. The van der Waals surface area contributed by atoms with Crippen LogP contribution in [-0.2, 0) is 29.3 Å². The van der Waals surface area contributed by atoms with Gasteiger partial charge in [-0.25, -0.2) is 8.42 Å². The van der Waals surface area contributed by atoms with Crippen molar-refractivity contribution in [3.05, 3.63) is 92.7 Å². The third-order valence-electron chi connectivity index (χ3n) is 5.04. The number of aromatic nitrogens is 1. The van der Waals surface area contributed by atoms with Gasteiger partial charge in [0, 0.05) is 18.3 Å². The second-order valence-electron chi connectivity index (χ2n) is 7.72. The molecule has 3 aromatic rings. The Bertz CT molecular complexity index is 1350. The number of aryl methyl sites for hydroxylation is 1. The first-order chi connectivity index (χ1) is 16.3. The average molecular weight is 546 g/mol. The number of carbonyl (C=O) groups is 1. The van der Waals surface area contributed by atoms with Crippen LogP contribution in [0.2, 0.25) is 10.0 Å². The van der Waals surface area contributed by atoms with Gasteiger partial charge in [-0.1, -0.05) is 41.4 Å². The molecule has 1 N–H and O–H groups in total. The molecule has 1 heterocycles. The molecular formula is C23H20Cl2F3N3O3S. The number of sulfonamides is 1. The second kappa shape index (κ2) is 10.4. The summed E-state index contributed by atoms with van der Waals surface area (Å²) in [5.74, 6) is -0.483. The van der Waals surface area contributed by atoms with Crippen LogP contribution in [0.5, 0.6) is 0 Å². The first-order valence-corrected chi connectivity index (χ1v) is 12.7. The molecule has 0 radical (unpaired) electrons. The summed E-state index contributed by atoms with van der Waals surface area (Å²) in [5.41, 5.74) is 0.996. The van der Waals surface area contributed by atoms with Crippen molar-refractivity contribution in [1.29, 1.82) is 0 Å². The number of pyridine rings is 1. The highest BCUT2D eigenvalue weighted by Crippen LogP contribution is 2.31. The highest BCUT2D eigenvalue weighted by Gasteiger charge is 2.32. The molecule has 0 bridgehead atoms. The van der Waals surface area contributed by atoms with Crippen LogP contribution in [0.15, 0.2) is 54.7 Å². The molecule has 0 aliphatic rings. The number of nitrogens with zero attached hydrogens (tertiary/aromatic N) is 2. The van der Waals surface area contributed by atoms with Gasteiger partial charge in [-0.3, -0.25) is 14.1 Å². The molecule has 1 aromatic heterocycles. The molecule has 3 rings (SSSR count). The minimum Gasteiger partial charge on any atom is -0.348 e. The number of amides is 1. The van der Waals surface area contributed by atoms with Crippen molar-refractivity contribution in [3.63, 3.8) is 0 Å². The summed E-state index contributed by atoms with van der Waals surface area (Å²) < 4.78 is 64.1. The highest BCUT2D eigenvalue weighted by atomic mass is 35.5. The van der Waals surface area contributed by atoms with Crippen molar-refractivity contribution in [2.24, 2.45) is 0 Å². The Labute approximate surface area is 210 Å². The van der Waals surface area contributed by atoms with Gasteiger partial charge in [0.15, 0.2) is 0 Å². The quantitative estimate of drug-likeness (QED) is 0.418. The molecule has 0 aliphatic heterocycles. The molecule has 2 aromatic carbocycles. The molecule has 0 saturated carbocycles. The maximum atomic E-state index is 12.6. The fourth-order valence-corrected chi connectivity index (χ4v) is 4.58. The number of benzene rings is 2. The van der Waals surface area contributed by atoms with Crippen molar-refractivity contribution in [2.75, 3.05) is 10.6 Å². The fourth-order valence-electron chi connectivity index (χ4n) is 3.26. The first-order valence-electron chi connectivity index (χ1n) is 10.1. The molecule has 6 nitrogen and oxygen atoms in total. The summed E-state index contributed by atoms with van der Waals surface area (Å²) in [5, 5.41) is 3.15.